The van der Waals surface area contributed by atoms with Crippen LogP contribution in [0.2, 0.25) is 0 Å². The van der Waals surface area contributed by atoms with Crippen molar-refractivity contribution in [1.29, 1.82) is 0 Å². The molecule has 3 N–H and O–H groups in total. The highest BCUT2D eigenvalue weighted by Gasteiger charge is 2.27. The number of nitrogens with zero attached hydrogens (tertiary/aromatic N) is 6. The normalized spacial score (nSPS) is 16.8. The number of anilines is 2. The van der Waals surface area contributed by atoms with Gasteiger partial charge in [-0.15, -0.1) is 5.10 Å². The molecule has 5 rings (SSSR count). The average molecular weight is 437 g/mol. The highest BCUT2D eigenvalue weighted by atomic mass is 19.1. The predicted molar refractivity (Wildman–Crippen MR) is 124 cm³/mol. The van der Waals surface area contributed by atoms with Crippen molar-refractivity contribution in [3.8, 4) is 11.3 Å². The number of rotatable bonds is 5. The minimum absolute atomic E-state index is 0.230. The van der Waals surface area contributed by atoms with Gasteiger partial charge in [0.15, 0.2) is 11.5 Å². The molecule has 1 aliphatic carbocycles. The van der Waals surface area contributed by atoms with Crippen molar-refractivity contribution < 1.29 is 4.39 Å². The number of nitrogen functional groups attached to an aromatic ring is 1. The third kappa shape index (κ3) is 3.65. The molecule has 8 nitrogen and oxygen atoms in total. The van der Waals surface area contributed by atoms with Gasteiger partial charge in [-0.05, 0) is 56.2 Å². The van der Waals surface area contributed by atoms with Crippen molar-refractivity contribution >= 4 is 28.4 Å². The van der Waals surface area contributed by atoms with Gasteiger partial charge in [0, 0.05) is 17.8 Å². The van der Waals surface area contributed by atoms with E-state index in [9.17, 15) is 4.39 Å². The fraction of sp³-hybridized carbons (Fsp3) is 0.478. The van der Waals surface area contributed by atoms with Gasteiger partial charge in [0.1, 0.15) is 23.5 Å². The van der Waals surface area contributed by atoms with Crippen molar-refractivity contribution in [1.82, 2.24) is 29.1 Å². The van der Waals surface area contributed by atoms with E-state index in [1.165, 1.54) is 12.8 Å². The second kappa shape index (κ2) is 7.72. The Balaban J connectivity index is 1.48. The highest BCUT2D eigenvalue weighted by Crippen LogP contribution is 2.36. The lowest BCUT2D eigenvalue weighted by Gasteiger charge is -2.34. The summed E-state index contributed by atoms with van der Waals surface area (Å²) >= 11 is 0. The second-order valence-corrected chi connectivity index (χ2v) is 9.46. The maximum Gasteiger partial charge on any atom is 0.243 e. The predicted octanol–water partition coefficient (Wildman–Crippen LogP) is 4.38. The summed E-state index contributed by atoms with van der Waals surface area (Å²) in [5.41, 5.74) is 10.5. The van der Waals surface area contributed by atoms with E-state index in [1.54, 1.807) is 9.08 Å². The quantitative estimate of drug-likeness (QED) is 0.482. The molecule has 1 aliphatic rings. The summed E-state index contributed by atoms with van der Waals surface area (Å²) in [5, 5.41) is 8.11. The van der Waals surface area contributed by atoms with Gasteiger partial charge in [-0.3, -0.25) is 0 Å². The fourth-order valence-corrected chi connectivity index (χ4v) is 4.66. The van der Waals surface area contributed by atoms with Gasteiger partial charge in [-0.25, -0.2) is 18.9 Å². The molecule has 4 aromatic rings. The molecule has 0 unspecified atom stereocenters. The molecule has 0 spiro atoms. The number of alkyl halides is 1. The van der Waals surface area contributed by atoms with Crippen LogP contribution in [0.25, 0.3) is 27.9 Å². The number of halogens is 1. The number of hydrogen-bond donors (Lipinski definition) is 2. The van der Waals surface area contributed by atoms with E-state index in [0.717, 1.165) is 35.4 Å². The Morgan fingerprint density at radius 3 is 2.69 bits per heavy atom. The first kappa shape index (κ1) is 20.7. The van der Waals surface area contributed by atoms with E-state index in [4.69, 9.17) is 10.7 Å². The van der Waals surface area contributed by atoms with Crippen LogP contribution in [0.5, 0.6) is 0 Å². The van der Waals surface area contributed by atoms with Gasteiger partial charge in [-0.1, -0.05) is 13.8 Å². The first-order chi connectivity index (χ1) is 15.3. The Kier molecular flexibility index (Phi) is 4.98. The van der Waals surface area contributed by atoms with E-state index in [1.807, 2.05) is 31.3 Å². The molecule has 0 aliphatic heterocycles. The lowest BCUT2D eigenvalue weighted by atomic mass is 9.76. The molecule has 0 aromatic carbocycles. The average Bonchev–Trinajstić information content (AvgIpc) is 3.31. The smallest absolute Gasteiger partial charge is 0.243 e. The molecular weight excluding hydrogens is 407 g/mol. The van der Waals surface area contributed by atoms with E-state index in [2.05, 4.69) is 34.2 Å². The molecular formula is C23H29FN8. The van der Waals surface area contributed by atoms with Crippen LogP contribution in [-0.2, 0) is 6.54 Å². The molecule has 0 radical (unpaired) electrons. The molecule has 168 valence electrons. The van der Waals surface area contributed by atoms with Crippen molar-refractivity contribution in [3.63, 3.8) is 0 Å². The summed E-state index contributed by atoms with van der Waals surface area (Å²) in [6, 6.07) is 6.10. The van der Waals surface area contributed by atoms with Crippen LogP contribution in [0.3, 0.4) is 0 Å². The van der Waals surface area contributed by atoms with Crippen molar-refractivity contribution in [2.45, 2.75) is 59.0 Å². The van der Waals surface area contributed by atoms with Gasteiger partial charge < -0.3 is 15.6 Å². The van der Waals surface area contributed by atoms with Crippen LogP contribution in [0.15, 0.2) is 24.4 Å². The van der Waals surface area contributed by atoms with Crippen molar-refractivity contribution in [2.24, 2.45) is 5.41 Å². The Morgan fingerprint density at radius 2 is 1.94 bits per heavy atom. The number of nitrogens with two attached hydrogens (primary N) is 1. The van der Waals surface area contributed by atoms with Gasteiger partial charge in [0.25, 0.3) is 0 Å². The fourth-order valence-electron chi connectivity index (χ4n) is 4.66. The summed E-state index contributed by atoms with van der Waals surface area (Å²) in [6.45, 7) is 6.26. The minimum atomic E-state index is -0.470. The van der Waals surface area contributed by atoms with Gasteiger partial charge in [0.05, 0.1) is 12.2 Å². The van der Waals surface area contributed by atoms with Crippen LogP contribution in [0, 0.1) is 12.3 Å². The summed E-state index contributed by atoms with van der Waals surface area (Å²) in [5.74, 6) is 1.68. The standard InChI is InChI=1S/C23H29FN8/c1-14-26-18-5-4-17(28-21(18)31(14)13-11-24)16-8-12-32-19(16)20(25)29-22(30-32)27-15-6-9-23(2,3)10-7-15/h4-5,8,12,15H,6-7,9-11,13H2,1-3H3,(H3,25,27,29,30). The molecule has 0 atom stereocenters. The van der Waals surface area contributed by atoms with E-state index in [0.29, 0.717) is 34.4 Å². The maximum absolute atomic E-state index is 13.0. The number of aryl methyl sites for hydroxylation is 2. The Morgan fingerprint density at radius 1 is 1.16 bits per heavy atom. The molecule has 4 heterocycles. The van der Waals surface area contributed by atoms with Crippen LogP contribution in [-0.4, -0.2) is 41.8 Å². The van der Waals surface area contributed by atoms with Gasteiger partial charge >= 0.3 is 0 Å². The highest BCUT2D eigenvalue weighted by molar-refractivity contribution is 5.88. The third-order valence-electron chi connectivity index (χ3n) is 6.58. The van der Waals surface area contributed by atoms with Crippen molar-refractivity contribution in [3.05, 3.63) is 30.2 Å². The van der Waals surface area contributed by atoms with Crippen LogP contribution in [0.1, 0.15) is 45.4 Å². The van der Waals surface area contributed by atoms with Gasteiger partial charge in [0.2, 0.25) is 5.95 Å². The third-order valence-corrected chi connectivity index (χ3v) is 6.58. The molecule has 9 heteroatoms. The lowest BCUT2D eigenvalue weighted by Crippen LogP contribution is -2.30. The van der Waals surface area contributed by atoms with E-state index >= 15 is 0 Å². The van der Waals surface area contributed by atoms with Gasteiger partial charge in [-0.2, -0.15) is 4.98 Å². The number of nitrogens with one attached hydrogen (secondary N) is 1. The molecule has 0 bridgehead atoms. The largest absolute Gasteiger partial charge is 0.382 e. The molecule has 0 amide bonds. The Bertz CT molecular complexity index is 1280. The number of fused-ring (bicyclic) bond motifs is 2. The van der Waals surface area contributed by atoms with Crippen LogP contribution < -0.4 is 11.1 Å². The lowest BCUT2D eigenvalue weighted by molar-refractivity contribution is 0.232. The van der Waals surface area contributed by atoms with Crippen LogP contribution >= 0.6 is 0 Å². The first-order valence-electron chi connectivity index (χ1n) is 11.2. The van der Waals surface area contributed by atoms with Crippen LogP contribution in [0.4, 0.5) is 16.2 Å². The van der Waals surface area contributed by atoms with Crippen molar-refractivity contribution in [2.75, 3.05) is 17.7 Å². The summed E-state index contributed by atoms with van der Waals surface area (Å²) in [6.07, 6.45) is 6.43. The zero-order valence-electron chi connectivity index (χ0n) is 18.8. The summed E-state index contributed by atoms with van der Waals surface area (Å²) in [4.78, 5) is 13.8. The number of pyridine rings is 1. The van der Waals surface area contributed by atoms with E-state index < -0.39 is 6.67 Å². The molecule has 32 heavy (non-hydrogen) atoms. The van der Waals surface area contributed by atoms with E-state index in [-0.39, 0.29) is 6.54 Å². The topological polar surface area (TPSA) is 98.9 Å². The first-order valence-corrected chi connectivity index (χ1v) is 11.2. The zero-order valence-corrected chi connectivity index (χ0v) is 18.8. The summed E-state index contributed by atoms with van der Waals surface area (Å²) in [7, 11) is 0. The molecule has 0 saturated heterocycles. The second-order valence-electron chi connectivity index (χ2n) is 9.46. The Hall–Kier alpha value is -3.23. The molecule has 4 aromatic heterocycles. The minimum Gasteiger partial charge on any atom is -0.382 e. The number of imidazole rings is 1. The molecule has 1 fully saturated rings. The number of aromatic nitrogens is 6. The zero-order chi connectivity index (χ0) is 22.5. The monoisotopic (exact) mass is 436 g/mol. The SMILES string of the molecule is Cc1nc2ccc(-c3ccn4nc(NC5CCC(C)(C)CC5)nc(N)c34)nc2n1CCF. The maximum atomic E-state index is 13.0. The summed E-state index contributed by atoms with van der Waals surface area (Å²) < 4.78 is 16.6. The molecule has 1 saturated carbocycles. The Labute approximate surface area is 186 Å². The number of hydrogen-bond acceptors (Lipinski definition) is 6.